The van der Waals surface area contributed by atoms with E-state index in [2.05, 4.69) is 38.0 Å². The second-order valence-corrected chi connectivity index (χ2v) is 4.86. The average Bonchev–Trinajstić information content (AvgIpc) is 2.39. The molecule has 19 heavy (non-hydrogen) atoms. The summed E-state index contributed by atoms with van der Waals surface area (Å²) < 4.78 is 5.87. The Morgan fingerprint density at radius 1 is 1.16 bits per heavy atom. The van der Waals surface area contributed by atoms with E-state index in [-0.39, 0.29) is 0 Å². The van der Waals surface area contributed by atoms with Crippen molar-refractivity contribution in [1.29, 1.82) is 0 Å². The fraction of sp³-hybridized carbons (Fsp3) is 0.733. The standard InChI is InChI=1S/C15H27N3O/c1-7-12-11(5)17-14(18-13(12)16-9-3)15(6,8-2)19-10-4/h7-10H2,1-6H3,(H,16,17,18). The molecule has 1 unspecified atom stereocenters. The van der Waals surface area contributed by atoms with Gasteiger partial charge in [0.15, 0.2) is 5.82 Å². The lowest BCUT2D eigenvalue weighted by atomic mass is 10.0. The zero-order chi connectivity index (χ0) is 14.5. The zero-order valence-corrected chi connectivity index (χ0v) is 13.1. The van der Waals surface area contributed by atoms with Crippen molar-refractivity contribution in [3.63, 3.8) is 0 Å². The lowest BCUT2D eigenvalue weighted by Gasteiger charge is -2.28. The molecular formula is C15H27N3O. The van der Waals surface area contributed by atoms with E-state index in [0.717, 1.165) is 36.7 Å². The largest absolute Gasteiger partial charge is 0.370 e. The second kappa shape index (κ2) is 6.85. The molecule has 0 fully saturated rings. The third-order valence-corrected chi connectivity index (χ3v) is 3.52. The molecular weight excluding hydrogens is 238 g/mol. The molecule has 0 aliphatic rings. The maximum atomic E-state index is 5.87. The molecule has 1 N–H and O–H groups in total. The monoisotopic (exact) mass is 265 g/mol. The normalized spacial score (nSPS) is 14.2. The summed E-state index contributed by atoms with van der Waals surface area (Å²) >= 11 is 0. The summed E-state index contributed by atoms with van der Waals surface area (Å²) in [7, 11) is 0. The minimum atomic E-state index is -0.407. The van der Waals surface area contributed by atoms with Gasteiger partial charge in [0.1, 0.15) is 11.4 Å². The smallest absolute Gasteiger partial charge is 0.162 e. The molecule has 0 saturated heterocycles. The van der Waals surface area contributed by atoms with Gasteiger partial charge in [0, 0.05) is 24.4 Å². The Balaban J connectivity index is 3.29. The third kappa shape index (κ3) is 3.44. The highest BCUT2D eigenvalue weighted by Gasteiger charge is 2.29. The van der Waals surface area contributed by atoms with Crippen LogP contribution in [0.1, 0.15) is 58.1 Å². The van der Waals surface area contributed by atoms with Crippen LogP contribution in [0.4, 0.5) is 5.82 Å². The van der Waals surface area contributed by atoms with Gasteiger partial charge in [-0.05, 0) is 40.5 Å². The van der Waals surface area contributed by atoms with E-state index in [1.165, 1.54) is 5.56 Å². The Bertz CT molecular complexity index is 420. The summed E-state index contributed by atoms with van der Waals surface area (Å²) in [4.78, 5) is 9.38. The lowest BCUT2D eigenvalue weighted by Crippen LogP contribution is -2.29. The Kier molecular flexibility index (Phi) is 5.73. The van der Waals surface area contributed by atoms with Gasteiger partial charge < -0.3 is 10.1 Å². The lowest BCUT2D eigenvalue weighted by molar-refractivity contribution is -0.0390. The predicted octanol–water partition coefficient (Wildman–Crippen LogP) is 3.44. The Morgan fingerprint density at radius 2 is 1.84 bits per heavy atom. The highest BCUT2D eigenvalue weighted by molar-refractivity contribution is 5.46. The van der Waals surface area contributed by atoms with Crippen molar-refractivity contribution in [1.82, 2.24) is 9.97 Å². The van der Waals surface area contributed by atoms with Crippen molar-refractivity contribution in [2.45, 2.75) is 60.0 Å². The minimum absolute atomic E-state index is 0.407. The van der Waals surface area contributed by atoms with Gasteiger partial charge in [-0.2, -0.15) is 0 Å². The molecule has 0 bridgehead atoms. The molecule has 0 amide bonds. The van der Waals surface area contributed by atoms with E-state index in [1.54, 1.807) is 0 Å². The first-order valence-electron chi connectivity index (χ1n) is 7.28. The van der Waals surface area contributed by atoms with E-state index >= 15 is 0 Å². The molecule has 1 heterocycles. The SMILES string of the molecule is CCNc1nc(C(C)(CC)OCC)nc(C)c1CC. The molecule has 4 heteroatoms. The Labute approximate surface area is 117 Å². The number of hydrogen-bond acceptors (Lipinski definition) is 4. The summed E-state index contributed by atoms with van der Waals surface area (Å²) in [6.07, 6.45) is 1.79. The van der Waals surface area contributed by atoms with Crippen LogP contribution in [0.2, 0.25) is 0 Å². The fourth-order valence-corrected chi connectivity index (χ4v) is 2.21. The third-order valence-electron chi connectivity index (χ3n) is 3.52. The first kappa shape index (κ1) is 15.9. The van der Waals surface area contributed by atoms with Crippen LogP contribution in [0.5, 0.6) is 0 Å². The second-order valence-electron chi connectivity index (χ2n) is 4.86. The van der Waals surface area contributed by atoms with Crippen LogP contribution >= 0.6 is 0 Å². The molecule has 108 valence electrons. The average molecular weight is 265 g/mol. The topological polar surface area (TPSA) is 47.0 Å². The molecule has 0 aliphatic heterocycles. The number of anilines is 1. The summed E-state index contributed by atoms with van der Waals surface area (Å²) in [6.45, 7) is 14.0. The quantitative estimate of drug-likeness (QED) is 0.820. The zero-order valence-electron chi connectivity index (χ0n) is 13.1. The van der Waals surface area contributed by atoms with Crippen molar-refractivity contribution >= 4 is 5.82 Å². The van der Waals surface area contributed by atoms with Gasteiger partial charge in [0.2, 0.25) is 0 Å². The molecule has 1 aromatic rings. The van der Waals surface area contributed by atoms with E-state index in [4.69, 9.17) is 9.72 Å². The summed E-state index contributed by atoms with van der Waals surface area (Å²) in [6, 6.07) is 0. The van der Waals surface area contributed by atoms with Crippen molar-refractivity contribution in [3.05, 3.63) is 17.1 Å². The minimum Gasteiger partial charge on any atom is -0.370 e. The van der Waals surface area contributed by atoms with Crippen LogP contribution in [0.3, 0.4) is 0 Å². The number of aryl methyl sites for hydroxylation is 1. The van der Waals surface area contributed by atoms with Gasteiger partial charge in [0.25, 0.3) is 0 Å². The first-order valence-corrected chi connectivity index (χ1v) is 7.28. The van der Waals surface area contributed by atoms with Gasteiger partial charge in [-0.15, -0.1) is 0 Å². The maximum absolute atomic E-state index is 5.87. The van der Waals surface area contributed by atoms with E-state index in [1.807, 2.05) is 13.8 Å². The molecule has 0 aliphatic carbocycles. The van der Waals surface area contributed by atoms with E-state index in [0.29, 0.717) is 6.61 Å². The number of nitrogens with zero attached hydrogens (tertiary/aromatic N) is 2. The molecule has 0 saturated carbocycles. The van der Waals surface area contributed by atoms with Crippen molar-refractivity contribution in [2.75, 3.05) is 18.5 Å². The van der Waals surface area contributed by atoms with Crippen molar-refractivity contribution in [3.8, 4) is 0 Å². The fourth-order valence-electron chi connectivity index (χ4n) is 2.21. The van der Waals surface area contributed by atoms with Crippen LogP contribution in [-0.4, -0.2) is 23.1 Å². The molecule has 4 nitrogen and oxygen atoms in total. The van der Waals surface area contributed by atoms with Crippen LogP contribution in [0.15, 0.2) is 0 Å². The molecule has 0 spiro atoms. The highest BCUT2D eigenvalue weighted by atomic mass is 16.5. The van der Waals surface area contributed by atoms with Crippen LogP contribution in [0.25, 0.3) is 0 Å². The van der Waals surface area contributed by atoms with Crippen LogP contribution < -0.4 is 5.32 Å². The molecule has 0 radical (unpaired) electrons. The number of ether oxygens (including phenoxy) is 1. The number of rotatable bonds is 7. The van der Waals surface area contributed by atoms with Gasteiger partial charge in [-0.25, -0.2) is 9.97 Å². The molecule has 1 atom stereocenters. The molecule has 0 aromatic carbocycles. The van der Waals surface area contributed by atoms with Gasteiger partial charge >= 0.3 is 0 Å². The Morgan fingerprint density at radius 3 is 2.32 bits per heavy atom. The maximum Gasteiger partial charge on any atom is 0.162 e. The van der Waals surface area contributed by atoms with Crippen molar-refractivity contribution < 1.29 is 4.74 Å². The summed E-state index contributed by atoms with van der Waals surface area (Å²) in [5.41, 5.74) is 1.83. The van der Waals surface area contributed by atoms with Crippen molar-refractivity contribution in [2.24, 2.45) is 0 Å². The van der Waals surface area contributed by atoms with Gasteiger partial charge in [-0.1, -0.05) is 13.8 Å². The number of aromatic nitrogens is 2. The summed E-state index contributed by atoms with van der Waals surface area (Å²) in [5, 5.41) is 3.34. The highest BCUT2D eigenvalue weighted by Crippen LogP contribution is 2.29. The predicted molar refractivity (Wildman–Crippen MR) is 79.6 cm³/mol. The number of hydrogen-bond donors (Lipinski definition) is 1. The molecule has 1 rings (SSSR count). The molecule has 1 aromatic heterocycles. The number of nitrogens with one attached hydrogen (secondary N) is 1. The van der Waals surface area contributed by atoms with Gasteiger partial charge in [0.05, 0.1) is 0 Å². The van der Waals surface area contributed by atoms with E-state index in [9.17, 15) is 0 Å². The first-order chi connectivity index (χ1) is 9.02. The summed E-state index contributed by atoms with van der Waals surface area (Å²) in [5.74, 6) is 1.73. The Hall–Kier alpha value is -1.16. The van der Waals surface area contributed by atoms with Crippen LogP contribution in [-0.2, 0) is 16.8 Å². The van der Waals surface area contributed by atoms with Gasteiger partial charge in [-0.3, -0.25) is 0 Å². The van der Waals surface area contributed by atoms with Crippen LogP contribution in [0, 0.1) is 6.92 Å². The van der Waals surface area contributed by atoms with E-state index < -0.39 is 5.60 Å².